The second-order valence-corrected chi connectivity index (χ2v) is 6.15. The normalized spacial score (nSPS) is 12.9. The lowest BCUT2D eigenvalue weighted by Gasteiger charge is -2.15. The van der Waals surface area contributed by atoms with Gasteiger partial charge in [-0.15, -0.1) is 0 Å². The van der Waals surface area contributed by atoms with E-state index in [0.717, 1.165) is 4.52 Å². The molecule has 1 aromatic carbocycles. The summed E-state index contributed by atoms with van der Waals surface area (Å²) in [5, 5.41) is 3.77. The number of aromatic nitrogens is 5. The van der Waals surface area contributed by atoms with Crippen LogP contribution in [-0.2, 0) is 6.18 Å². The van der Waals surface area contributed by atoms with Gasteiger partial charge < -0.3 is 4.74 Å². The van der Waals surface area contributed by atoms with Crippen molar-refractivity contribution in [2.24, 2.45) is 0 Å². The zero-order valence-corrected chi connectivity index (χ0v) is 14.9. The van der Waals surface area contributed by atoms with Crippen LogP contribution in [-0.4, -0.2) is 24.6 Å². The maximum atomic E-state index is 14.3. The fraction of sp³-hybridized carbons (Fsp3) is 0.158. The summed E-state index contributed by atoms with van der Waals surface area (Å²) in [4.78, 5) is 11.5. The molecule has 0 fully saturated rings. The summed E-state index contributed by atoms with van der Waals surface area (Å²) in [5.74, 6) is -0.838. The van der Waals surface area contributed by atoms with Crippen LogP contribution in [0.5, 0.6) is 5.75 Å². The topological polar surface area (TPSA) is 65.2 Å². The van der Waals surface area contributed by atoms with Crippen LogP contribution >= 0.6 is 0 Å². The van der Waals surface area contributed by atoms with Crippen LogP contribution in [0.15, 0.2) is 55.0 Å². The third-order valence-electron chi connectivity index (χ3n) is 4.16. The number of pyridine rings is 1. The van der Waals surface area contributed by atoms with Crippen molar-refractivity contribution in [3.8, 4) is 17.0 Å². The maximum absolute atomic E-state index is 14.3. The summed E-state index contributed by atoms with van der Waals surface area (Å²) in [6, 6.07) is 9.39. The Bertz CT molecular complexity index is 1160. The Labute approximate surface area is 161 Å². The van der Waals surface area contributed by atoms with Gasteiger partial charge in [-0.05, 0) is 37.3 Å². The number of imidazole rings is 1. The minimum Gasteiger partial charge on any atom is -0.481 e. The van der Waals surface area contributed by atoms with Crippen molar-refractivity contribution in [2.75, 3.05) is 0 Å². The van der Waals surface area contributed by atoms with Gasteiger partial charge in [0.1, 0.15) is 6.10 Å². The molecule has 0 N–H and O–H groups in total. The number of ether oxygens (including phenoxy) is 1. The van der Waals surface area contributed by atoms with E-state index in [9.17, 15) is 17.6 Å². The van der Waals surface area contributed by atoms with E-state index < -0.39 is 23.8 Å². The highest BCUT2D eigenvalue weighted by molar-refractivity contribution is 5.63. The van der Waals surface area contributed by atoms with E-state index in [1.165, 1.54) is 24.4 Å². The lowest BCUT2D eigenvalue weighted by Crippen LogP contribution is -2.11. The van der Waals surface area contributed by atoms with E-state index in [0.29, 0.717) is 23.1 Å². The van der Waals surface area contributed by atoms with Gasteiger partial charge in [0.25, 0.3) is 5.78 Å². The van der Waals surface area contributed by atoms with Crippen LogP contribution < -0.4 is 4.74 Å². The van der Waals surface area contributed by atoms with Gasteiger partial charge in [-0.3, -0.25) is 4.98 Å². The first kappa shape index (κ1) is 18.8. The predicted octanol–water partition coefficient (Wildman–Crippen LogP) is 4.48. The summed E-state index contributed by atoms with van der Waals surface area (Å²) in [5.41, 5.74) is 0.278. The first-order chi connectivity index (χ1) is 13.8. The highest BCUT2D eigenvalue weighted by atomic mass is 19.4. The highest BCUT2D eigenvalue weighted by Gasteiger charge is 2.33. The first-order valence-electron chi connectivity index (χ1n) is 8.48. The maximum Gasteiger partial charge on any atom is 0.435 e. The largest absolute Gasteiger partial charge is 0.481 e. The Kier molecular flexibility index (Phi) is 4.61. The molecule has 0 aliphatic carbocycles. The van der Waals surface area contributed by atoms with Crippen LogP contribution in [0.4, 0.5) is 17.6 Å². The first-order valence-corrected chi connectivity index (χ1v) is 8.48. The van der Waals surface area contributed by atoms with Gasteiger partial charge in [0.05, 0.1) is 23.8 Å². The molecular formula is C19H13F4N5O. The van der Waals surface area contributed by atoms with Gasteiger partial charge in [0.15, 0.2) is 17.3 Å². The molecule has 3 heterocycles. The SMILES string of the molecule is CC(Oc1cc(-c2cnc3nc(C(F)(F)F)cnn23)ccc1F)c1ccccn1. The number of benzene rings is 1. The standard InChI is InChI=1S/C19H13F4N5O/c1-11(14-4-2-3-7-24-14)29-16-8-12(5-6-13(16)20)15-9-25-18-27-17(19(21,22)23)10-26-28(15)18/h2-11H,1H3. The number of halogens is 4. The van der Waals surface area contributed by atoms with Gasteiger partial charge >= 0.3 is 6.18 Å². The molecule has 0 amide bonds. The number of fused-ring (bicyclic) bond motifs is 1. The number of hydrogen-bond donors (Lipinski definition) is 0. The molecule has 0 radical (unpaired) electrons. The fourth-order valence-electron chi connectivity index (χ4n) is 2.73. The molecule has 6 nitrogen and oxygen atoms in total. The van der Waals surface area contributed by atoms with Crippen LogP contribution in [0.1, 0.15) is 24.4 Å². The van der Waals surface area contributed by atoms with Gasteiger partial charge in [0, 0.05) is 11.8 Å². The molecular weight excluding hydrogens is 390 g/mol. The molecule has 10 heteroatoms. The van der Waals surface area contributed by atoms with E-state index in [1.807, 2.05) is 0 Å². The van der Waals surface area contributed by atoms with Gasteiger partial charge in [-0.2, -0.15) is 22.8 Å². The van der Waals surface area contributed by atoms with Gasteiger partial charge in [0.2, 0.25) is 0 Å². The molecule has 0 saturated heterocycles. The van der Waals surface area contributed by atoms with Crippen LogP contribution in [0.2, 0.25) is 0 Å². The zero-order chi connectivity index (χ0) is 20.6. The van der Waals surface area contributed by atoms with Crippen molar-refractivity contribution in [3.63, 3.8) is 0 Å². The molecule has 1 atom stereocenters. The Hall–Kier alpha value is -3.56. The molecule has 4 aromatic rings. The molecule has 3 aromatic heterocycles. The summed E-state index contributed by atoms with van der Waals surface area (Å²) in [6.45, 7) is 1.73. The average Bonchev–Trinajstić information content (AvgIpc) is 3.13. The lowest BCUT2D eigenvalue weighted by atomic mass is 10.1. The lowest BCUT2D eigenvalue weighted by molar-refractivity contribution is -0.141. The van der Waals surface area contributed by atoms with E-state index in [-0.39, 0.29) is 11.5 Å². The monoisotopic (exact) mass is 403 g/mol. The molecule has 0 aliphatic heterocycles. The van der Waals surface area contributed by atoms with Crippen molar-refractivity contribution in [1.29, 1.82) is 0 Å². The van der Waals surface area contributed by atoms with Gasteiger partial charge in [-0.25, -0.2) is 14.4 Å². The molecule has 0 saturated carbocycles. The number of alkyl halides is 3. The Morgan fingerprint density at radius 3 is 2.62 bits per heavy atom. The van der Waals surface area contributed by atoms with Crippen molar-refractivity contribution < 1.29 is 22.3 Å². The second-order valence-electron chi connectivity index (χ2n) is 6.15. The average molecular weight is 403 g/mol. The summed E-state index contributed by atoms with van der Waals surface area (Å²) < 4.78 is 59.5. The second kappa shape index (κ2) is 7.12. The Morgan fingerprint density at radius 1 is 1.07 bits per heavy atom. The van der Waals surface area contributed by atoms with Crippen molar-refractivity contribution in [3.05, 3.63) is 72.2 Å². The molecule has 4 rings (SSSR count). The molecule has 29 heavy (non-hydrogen) atoms. The van der Waals surface area contributed by atoms with Crippen molar-refractivity contribution in [2.45, 2.75) is 19.2 Å². The van der Waals surface area contributed by atoms with Crippen LogP contribution in [0.25, 0.3) is 17.0 Å². The number of rotatable bonds is 4. The van der Waals surface area contributed by atoms with E-state index in [2.05, 4.69) is 20.1 Å². The highest BCUT2D eigenvalue weighted by Crippen LogP contribution is 2.31. The minimum atomic E-state index is -4.63. The summed E-state index contributed by atoms with van der Waals surface area (Å²) in [6.07, 6.45) is -1.61. The molecule has 1 unspecified atom stereocenters. The van der Waals surface area contributed by atoms with E-state index >= 15 is 0 Å². The Balaban J connectivity index is 1.68. The molecule has 148 valence electrons. The summed E-state index contributed by atoms with van der Waals surface area (Å²) in [7, 11) is 0. The smallest absolute Gasteiger partial charge is 0.435 e. The van der Waals surface area contributed by atoms with Crippen molar-refractivity contribution >= 4 is 5.78 Å². The number of hydrogen-bond acceptors (Lipinski definition) is 5. The zero-order valence-electron chi connectivity index (χ0n) is 14.9. The predicted molar refractivity (Wildman–Crippen MR) is 94.5 cm³/mol. The van der Waals surface area contributed by atoms with E-state index in [4.69, 9.17) is 4.74 Å². The van der Waals surface area contributed by atoms with Gasteiger partial charge in [-0.1, -0.05) is 6.07 Å². The van der Waals surface area contributed by atoms with Crippen LogP contribution in [0.3, 0.4) is 0 Å². The fourth-order valence-corrected chi connectivity index (χ4v) is 2.73. The summed E-state index contributed by atoms with van der Waals surface area (Å²) >= 11 is 0. The third-order valence-corrected chi connectivity index (χ3v) is 4.16. The van der Waals surface area contributed by atoms with Crippen molar-refractivity contribution in [1.82, 2.24) is 24.6 Å². The van der Waals surface area contributed by atoms with Crippen LogP contribution in [0, 0.1) is 5.82 Å². The third kappa shape index (κ3) is 3.73. The molecule has 0 bridgehead atoms. The number of nitrogens with zero attached hydrogens (tertiary/aromatic N) is 5. The Morgan fingerprint density at radius 2 is 1.90 bits per heavy atom. The minimum absolute atomic E-state index is 0.0320. The molecule has 0 aliphatic rings. The van der Waals surface area contributed by atoms with E-state index in [1.54, 1.807) is 31.3 Å². The quantitative estimate of drug-likeness (QED) is 0.470. The molecule has 0 spiro atoms.